The van der Waals surface area contributed by atoms with Crippen LogP contribution in [0.2, 0.25) is 0 Å². The lowest BCUT2D eigenvalue weighted by Crippen LogP contribution is -1.91. The molecule has 2 nitrogen and oxygen atoms in total. The van der Waals surface area contributed by atoms with Crippen molar-refractivity contribution < 1.29 is 9.53 Å². The molecule has 0 N–H and O–H groups in total. The number of allylic oxidation sites excluding steroid dienone is 1. The average Bonchev–Trinajstić information content (AvgIpc) is 2.16. The molecule has 2 heteroatoms. The Hall–Kier alpha value is -1.05. The molecule has 0 aliphatic heterocycles. The molecule has 0 saturated carbocycles. The lowest BCUT2D eigenvalue weighted by molar-refractivity contribution is -0.132. The van der Waals surface area contributed by atoms with Crippen LogP contribution >= 0.6 is 0 Å². The van der Waals surface area contributed by atoms with Crippen LogP contribution < -0.4 is 0 Å². The number of hydrogen-bond donors (Lipinski definition) is 0. The van der Waals surface area contributed by atoms with E-state index < -0.39 is 5.97 Å². The van der Waals surface area contributed by atoms with E-state index in [-0.39, 0.29) is 0 Å². The van der Waals surface area contributed by atoms with Crippen molar-refractivity contribution in [3.05, 3.63) is 25.0 Å². The highest BCUT2D eigenvalue weighted by atomic mass is 16.5. The molecule has 0 amide bonds. The Morgan fingerprint density at radius 2 is 2.15 bits per heavy atom. The van der Waals surface area contributed by atoms with Crippen LogP contribution in [0.25, 0.3) is 0 Å². The summed E-state index contributed by atoms with van der Waals surface area (Å²) in [5.41, 5.74) is 0. The van der Waals surface area contributed by atoms with Crippen LogP contribution in [-0.2, 0) is 9.53 Å². The molecular formula is C11H18O2. The Labute approximate surface area is 80.3 Å². The molecule has 0 atom stereocenters. The summed E-state index contributed by atoms with van der Waals surface area (Å²) < 4.78 is 4.66. The number of carbonyl (C=O) groups is 1. The highest BCUT2D eigenvalue weighted by Gasteiger charge is 1.88. The van der Waals surface area contributed by atoms with Crippen LogP contribution in [-0.4, -0.2) is 5.97 Å². The predicted molar refractivity (Wildman–Crippen MR) is 54.2 cm³/mol. The quantitative estimate of drug-likeness (QED) is 0.261. The first kappa shape index (κ1) is 11.9. The van der Waals surface area contributed by atoms with Crippen LogP contribution in [0.5, 0.6) is 0 Å². The fourth-order valence-corrected chi connectivity index (χ4v) is 0.920. The first-order valence-corrected chi connectivity index (χ1v) is 4.79. The van der Waals surface area contributed by atoms with Gasteiger partial charge in [0, 0.05) is 6.08 Å². The smallest absolute Gasteiger partial charge is 0.334 e. The Balaban J connectivity index is 3.21. The highest BCUT2D eigenvalue weighted by molar-refractivity contribution is 5.81. The van der Waals surface area contributed by atoms with E-state index in [1.807, 2.05) is 6.08 Å². The van der Waals surface area contributed by atoms with Crippen molar-refractivity contribution in [3.8, 4) is 0 Å². The van der Waals surface area contributed by atoms with Gasteiger partial charge in [-0.3, -0.25) is 0 Å². The SMILES string of the molecule is C=CC(=O)O/C=C\CCCCCC. The van der Waals surface area contributed by atoms with Gasteiger partial charge in [-0.15, -0.1) is 0 Å². The van der Waals surface area contributed by atoms with E-state index in [0.717, 1.165) is 18.9 Å². The van der Waals surface area contributed by atoms with E-state index in [4.69, 9.17) is 0 Å². The molecule has 0 heterocycles. The highest BCUT2D eigenvalue weighted by Crippen LogP contribution is 2.02. The van der Waals surface area contributed by atoms with Gasteiger partial charge in [-0.2, -0.15) is 0 Å². The lowest BCUT2D eigenvalue weighted by Gasteiger charge is -1.94. The van der Waals surface area contributed by atoms with E-state index >= 15 is 0 Å². The largest absolute Gasteiger partial charge is 0.432 e. The van der Waals surface area contributed by atoms with Gasteiger partial charge in [0.1, 0.15) is 0 Å². The van der Waals surface area contributed by atoms with Crippen LogP contribution in [0.4, 0.5) is 0 Å². The molecule has 0 aromatic rings. The predicted octanol–water partition coefficient (Wildman–Crippen LogP) is 3.20. The third-order valence-corrected chi connectivity index (χ3v) is 1.67. The van der Waals surface area contributed by atoms with Crippen LogP contribution in [0.3, 0.4) is 0 Å². The van der Waals surface area contributed by atoms with Crippen LogP contribution in [0.1, 0.15) is 39.0 Å². The third kappa shape index (κ3) is 8.86. The summed E-state index contributed by atoms with van der Waals surface area (Å²) >= 11 is 0. The molecule has 0 aromatic heterocycles. The molecule has 0 spiro atoms. The summed E-state index contributed by atoms with van der Waals surface area (Å²) in [5, 5.41) is 0. The Bertz CT molecular complexity index is 171. The van der Waals surface area contributed by atoms with E-state index in [1.165, 1.54) is 25.5 Å². The van der Waals surface area contributed by atoms with Crippen molar-refractivity contribution >= 4 is 5.97 Å². The number of rotatable bonds is 7. The molecule has 74 valence electrons. The first-order valence-electron chi connectivity index (χ1n) is 4.79. The topological polar surface area (TPSA) is 26.3 Å². The summed E-state index contributed by atoms with van der Waals surface area (Å²) in [6, 6.07) is 0. The summed E-state index contributed by atoms with van der Waals surface area (Å²) in [6.45, 7) is 5.47. The standard InChI is InChI=1S/C11H18O2/c1-3-5-6-7-8-9-10-13-11(12)4-2/h4,9-10H,2-3,5-8H2,1H3/b10-9-. The molecule has 13 heavy (non-hydrogen) atoms. The number of carbonyl (C=O) groups excluding carboxylic acids is 1. The van der Waals surface area contributed by atoms with Gasteiger partial charge >= 0.3 is 5.97 Å². The molecule has 0 unspecified atom stereocenters. The molecule has 0 radical (unpaired) electrons. The van der Waals surface area contributed by atoms with E-state index in [2.05, 4.69) is 18.2 Å². The van der Waals surface area contributed by atoms with E-state index in [0.29, 0.717) is 0 Å². The zero-order valence-corrected chi connectivity index (χ0v) is 8.29. The first-order chi connectivity index (χ1) is 6.31. The van der Waals surface area contributed by atoms with Crippen molar-refractivity contribution in [2.45, 2.75) is 39.0 Å². The van der Waals surface area contributed by atoms with Crippen LogP contribution in [0, 0.1) is 0 Å². The van der Waals surface area contributed by atoms with Gasteiger partial charge < -0.3 is 4.74 Å². The van der Waals surface area contributed by atoms with Gasteiger partial charge in [-0.05, 0) is 18.9 Å². The Morgan fingerprint density at radius 1 is 1.38 bits per heavy atom. The van der Waals surface area contributed by atoms with E-state index in [9.17, 15) is 4.79 Å². The summed E-state index contributed by atoms with van der Waals surface area (Å²) in [4.78, 5) is 10.6. The monoisotopic (exact) mass is 182 g/mol. The van der Waals surface area contributed by atoms with Crippen LogP contribution in [0.15, 0.2) is 25.0 Å². The average molecular weight is 182 g/mol. The maximum atomic E-state index is 10.6. The number of unbranched alkanes of at least 4 members (excludes halogenated alkanes) is 4. The molecule has 0 bridgehead atoms. The third-order valence-electron chi connectivity index (χ3n) is 1.67. The minimum absolute atomic E-state index is 0.398. The fourth-order valence-electron chi connectivity index (χ4n) is 0.920. The second-order valence-electron chi connectivity index (χ2n) is 2.86. The zero-order chi connectivity index (χ0) is 9.94. The number of ether oxygens (including phenoxy) is 1. The second kappa shape index (κ2) is 9.04. The van der Waals surface area contributed by atoms with E-state index in [1.54, 1.807) is 0 Å². The van der Waals surface area contributed by atoms with Gasteiger partial charge in [0.05, 0.1) is 6.26 Å². The molecular weight excluding hydrogens is 164 g/mol. The van der Waals surface area contributed by atoms with Crippen molar-refractivity contribution in [2.24, 2.45) is 0 Å². The van der Waals surface area contributed by atoms with Gasteiger partial charge in [0.25, 0.3) is 0 Å². The maximum absolute atomic E-state index is 10.6. The van der Waals surface area contributed by atoms with Gasteiger partial charge in [-0.25, -0.2) is 4.79 Å². The molecule has 0 saturated heterocycles. The molecule has 0 fully saturated rings. The van der Waals surface area contributed by atoms with Crippen molar-refractivity contribution in [1.29, 1.82) is 0 Å². The number of esters is 1. The minimum Gasteiger partial charge on any atom is -0.432 e. The summed E-state index contributed by atoms with van der Waals surface area (Å²) in [6.07, 6.45) is 10.4. The molecule has 0 rings (SSSR count). The zero-order valence-electron chi connectivity index (χ0n) is 8.29. The van der Waals surface area contributed by atoms with Crippen molar-refractivity contribution in [2.75, 3.05) is 0 Å². The normalized spacial score (nSPS) is 10.2. The minimum atomic E-state index is -0.398. The molecule has 0 aliphatic carbocycles. The molecule has 0 aliphatic rings. The van der Waals surface area contributed by atoms with Crippen molar-refractivity contribution in [3.63, 3.8) is 0 Å². The summed E-state index contributed by atoms with van der Waals surface area (Å²) in [5.74, 6) is -0.398. The van der Waals surface area contributed by atoms with Gasteiger partial charge in [0.2, 0.25) is 0 Å². The lowest BCUT2D eigenvalue weighted by atomic mass is 10.1. The van der Waals surface area contributed by atoms with Gasteiger partial charge in [0.15, 0.2) is 0 Å². The number of hydrogen-bond acceptors (Lipinski definition) is 2. The second-order valence-corrected chi connectivity index (χ2v) is 2.86. The van der Waals surface area contributed by atoms with Crippen molar-refractivity contribution in [1.82, 2.24) is 0 Å². The fraction of sp³-hybridized carbons (Fsp3) is 0.545. The Morgan fingerprint density at radius 3 is 2.77 bits per heavy atom. The van der Waals surface area contributed by atoms with Gasteiger partial charge in [-0.1, -0.05) is 32.8 Å². The molecule has 0 aromatic carbocycles. The Kier molecular flexibility index (Phi) is 8.31. The summed E-state index contributed by atoms with van der Waals surface area (Å²) in [7, 11) is 0. The maximum Gasteiger partial charge on any atom is 0.334 e.